The maximum atomic E-state index is 11.2. The lowest BCUT2D eigenvalue weighted by Gasteiger charge is -1.97. The number of carbonyl (C=O) groups is 1. The van der Waals surface area contributed by atoms with Crippen molar-refractivity contribution >= 4 is 17.9 Å². The standard InChI is InChI=1S/C9H8N2O4/c1-2-10-15-9(12)7-4-3-5-8(6-7)11(13)14/h2-6H,1H3. The molecule has 1 rings (SSSR count). The first-order valence-electron chi connectivity index (χ1n) is 4.09. The summed E-state index contributed by atoms with van der Waals surface area (Å²) in [5, 5.41) is 13.7. The molecule has 0 aliphatic rings. The zero-order valence-electron chi connectivity index (χ0n) is 7.91. The van der Waals surface area contributed by atoms with Gasteiger partial charge in [0.1, 0.15) is 0 Å². The average Bonchev–Trinajstić information content (AvgIpc) is 2.26. The smallest absolute Gasteiger partial charge is 0.313 e. The monoisotopic (exact) mass is 208 g/mol. The van der Waals surface area contributed by atoms with Crippen molar-refractivity contribution in [3.05, 3.63) is 39.9 Å². The minimum Gasteiger partial charge on any atom is -0.313 e. The summed E-state index contributed by atoms with van der Waals surface area (Å²) in [6.07, 6.45) is 1.30. The minimum absolute atomic E-state index is 0.0924. The van der Waals surface area contributed by atoms with Gasteiger partial charge in [0, 0.05) is 18.3 Å². The molecule has 0 N–H and O–H groups in total. The Balaban J connectivity index is 2.90. The molecule has 0 fully saturated rings. The number of non-ortho nitro benzene ring substituents is 1. The van der Waals surface area contributed by atoms with Crippen molar-refractivity contribution in [3.63, 3.8) is 0 Å². The minimum atomic E-state index is -0.725. The van der Waals surface area contributed by atoms with Crippen LogP contribution in [0.4, 0.5) is 5.69 Å². The predicted octanol–water partition coefficient (Wildman–Crippen LogP) is 1.76. The van der Waals surface area contributed by atoms with Crippen molar-refractivity contribution < 1.29 is 14.6 Å². The van der Waals surface area contributed by atoms with Crippen LogP contribution in [0.15, 0.2) is 29.4 Å². The molecule has 0 unspecified atom stereocenters. The highest BCUT2D eigenvalue weighted by molar-refractivity contribution is 5.90. The lowest BCUT2D eigenvalue weighted by Crippen LogP contribution is -2.01. The van der Waals surface area contributed by atoms with E-state index in [9.17, 15) is 14.9 Å². The summed E-state index contributed by atoms with van der Waals surface area (Å²) >= 11 is 0. The largest absolute Gasteiger partial charge is 0.365 e. The van der Waals surface area contributed by atoms with E-state index in [1.165, 1.54) is 24.4 Å². The summed E-state index contributed by atoms with van der Waals surface area (Å²) < 4.78 is 0. The van der Waals surface area contributed by atoms with E-state index in [2.05, 4.69) is 9.99 Å². The van der Waals surface area contributed by atoms with Crippen molar-refractivity contribution in [2.75, 3.05) is 0 Å². The first kappa shape index (κ1) is 10.8. The van der Waals surface area contributed by atoms with Crippen molar-refractivity contribution in [2.24, 2.45) is 5.16 Å². The molecule has 0 saturated carbocycles. The van der Waals surface area contributed by atoms with Crippen LogP contribution in [0.2, 0.25) is 0 Å². The van der Waals surface area contributed by atoms with E-state index in [4.69, 9.17) is 0 Å². The van der Waals surface area contributed by atoms with E-state index in [0.29, 0.717) is 0 Å². The van der Waals surface area contributed by atoms with Gasteiger partial charge in [0.15, 0.2) is 0 Å². The fourth-order valence-electron chi connectivity index (χ4n) is 0.900. The number of nitro benzene ring substituents is 1. The summed E-state index contributed by atoms with van der Waals surface area (Å²) in [5.41, 5.74) is -0.0697. The van der Waals surface area contributed by atoms with Gasteiger partial charge < -0.3 is 4.84 Å². The molecule has 0 aliphatic heterocycles. The van der Waals surface area contributed by atoms with Crippen LogP contribution in [0.1, 0.15) is 17.3 Å². The Morgan fingerprint density at radius 1 is 1.60 bits per heavy atom. The van der Waals surface area contributed by atoms with Crippen LogP contribution < -0.4 is 0 Å². The second-order valence-electron chi connectivity index (χ2n) is 2.55. The molecule has 0 aromatic heterocycles. The number of nitrogens with zero attached hydrogens (tertiary/aromatic N) is 2. The quantitative estimate of drug-likeness (QED) is 0.328. The third-order valence-corrected chi connectivity index (χ3v) is 1.53. The van der Waals surface area contributed by atoms with Gasteiger partial charge in [0.25, 0.3) is 5.69 Å². The van der Waals surface area contributed by atoms with E-state index in [1.807, 2.05) is 0 Å². The second-order valence-corrected chi connectivity index (χ2v) is 2.55. The van der Waals surface area contributed by atoms with E-state index in [1.54, 1.807) is 6.92 Å². The van der Waals surface area contributed by atoms with Gasteiger partial charge in [0.05, 0.1) is 10.5 Å². The lowest BCUT2D eigenvalue weighted by atomic mass is 10.2. The molecular weight excluding hydrogens is 200 g/mol. The molecular formula is C9H8N2O4. The zero-order chi connectivity index (χ0) is 11.3. The first-order chi connectivity index (χ1) is 7.15. The Hall–Kier alpha value is -2.24. The van der Waals surface area contributed by atoms with Gasteiger partial charge in [-0.3, -0.25) is 10.1 Å². The van der Waals surface area contributed by atoms with Crippen molar-refractivity contribution in [2.45, 2.75) is 6.92 Å². The second kappa shape index (κ2) is 4.85. The van der Waals surface area contributed by atoms with E-state index >= 15 is 0 Å². The number of hydrogen-bond acceptors (Lipinski definition) is 5. The predicted molar refractivity (Wildman–Crippen MR) is 52.7 cm³/mol. The Kier molecular flexibility index (Phi) is 3.50. The highest BCUT2D eigenvalue weighted by Crippen LogP contribution is 2.13. The number of benzene rings is 1. The topological polar surface area (TPSA) is 81.8 Å². The number of hydrogen-bond donors (Lipinski definition) is 0. The Morgan fingerprint density at radius 2 is 2.33 bits per heavy atom. The first-order valence-corrected chi connectivity index (χ1v) is 4.09. The highest BCUT2D eigenvalue weighted by Gasteiger charge is 2.12. The fraction of sp³-hybridized carbons (Fsp3) is 0.111. The third-order valence-electron chi connectivity index (χ3n) is 1.53. The molecule has 0 aliphatic carbocycles. The summed E-state index contributed by atoms with van der Waals surface area (Å²) in [6.45, 7) is 1.58. The van der Waals surface area contributed by atoms with Crippen LogP contribution in [0, 0.1) is 10.1 Å². The van der Waals surface area contributed by atoms with Gasteiger partial charge in [-0.1, -0.05) is 11.2 Å². The van der Waals surface area contributed by atoms with Crippen molar-refractivity contribution in [3.8, 4) is 0 Å². The Morgan fingerprint density at radius 3 is 2.93 bits per heavy atom. The van der Waals surface area contributed by atoms with Gasteiger partial charge >= 0.3 is 5.97 Å². The summed E-state index contributed by atoms with van der Waals surface area (Å²) in [6, 6.07) is 5.25. The third kappa shape index (κ3) is 2.87. The molecule has 1 aromatic carbocycles. The van der Waals surface area contributed by atoms with Crippen molar-refractivity contribution in [1.82, 2.24) is 0 Å². The molecule has 78 valence electrons. The maximum absolute atomic E-state index is 11.2. The lowest BCUT2D eigenvalue weighted by molar-refractivity contribution is -0.384. The Bertz CT molecular complexity index is 414. The number of rotatable bonds is 3. The van der Waals surface area contributed by atoms with Crippen LogP contribution in [0.25, 0.3) is 0 Å². The van der Waals surface area contributed by atoms with Gasteiger partial charge in [-0.2, -0.15) is 0 Å². The van der Waals surface area contributed by atoms with Crippen LogP contribution in [0.3, 0.4) is 0 Å². The van der Waals surface area contributed by atoms with Gasteiger partial charge in [-0.15, -0.1) is 0 Å². The molecule has 0 heterocycles. The fourth-order valence-corrected chi connectivity index (χ4v) is 0.900. The molecule has 15 heavy (non-hydrogen) atoms. The van der Waals surface area contributed by atoms with Gasteiger partial charge in [-0.25, -0.2) is 4.79 Å². The van der Waals surface area contributed by atoms with Crippen LogP contribution in [-0.2, 0) is 4.84 Å². The Labute approximate surface area is 85.3 Å². The molecule has 0 atom stereocenters. The van der Waals surface area contributed by atoms with Crippen LogP contribution in [-0.4, -0.2) is 17.1 Å². The van der Waals surface area contributed by atoms with Gasteiger partial charge in [-0.05, 0) is 13.0 Å². The molecule has 0 spiro atoms. The normalized spacial score (nSPS) is 10.2. The molecule has 0 amide bonds. The van der Waals surface area contributed by atoms with Crippen LogP contribution >= 0.6 is 0 Å². The molecule has 0 bridgehead atoms. The average molecular weight is 208 g/mol. The summed E-state index contributed by atoms with van der Waals surface area (Å²) in [7, 11) is 0. The van der Waals surface area contributed by atoms with E-state index in [-0.39, 0.29) is 11.3 Å². The molecule has 0 saturated heterocycles. The number of oxime groups is 1. The van der Waals surface area contributed by atoms with E-state index in [0.717, 1.165) is 6.07 Å². The SMILES string of the molecule is CC=NOC(=O)c1cccc([N+](=O)[O-])c1. The molecule has 6 heteroatoms. The summed E-state index contributed by atoms with van der Waals surface area (Å²) in [4.78, 5) is 25.5. The molecule has 6 nitrogen and oxygen atoms in total. The van der Waals surface area contributed by atoms with Crippen molar-refractivity contribution in [1.29, 1.82) is 0 Å². The molecule has 1 aromatic rings. The number of nitro groups is 1. The summed E-state index contributed by atoms with van der Waals surface area (Å²) in [5.74, 6) is -0.725. The van der Waals surface area contributed by atoms with Gasteiger partial charge in [0.2, 0.25) is 0 Å². The zero-order valence-corrected chi connectivity index (χ0v) is 7.91. The maximum Gasteiger partial charge on any atom is 0.365 e. The molecule has 0 radical (unpaired) electrons. The van der Waals surface area contributed by atoms with Crippen LogP contribution in [0.5, 0.6) is 0 Å². The van der Waals surface area contributed by atoms with E-state index < -0.39 is 10.9 Å². The number of carbonyl (C=O) groups excluding carboxylic acids is 1. The highest BCUT2D eigenvalue weighted by atomic mass is 16.7.